The molecule has 90 valence electrons. The Labute approximate surface area is 99.4 Å². The maximum atomic E-state index is 11.0. The molecule has 0 aliphatic heterocycles. The first kappa shape index (κ1) is 12.1. The molecule has 0 atom stereocenters. The van der Waals surface area contributed by atoms with Crippen LogP contribution in [0, 0.1) is 0 Å². The van der Waals surface area contributed by atoms with E-state index < -0.39 is 19.0 Å². The van der Waals surface area contributed by atoms with Gasteiger partial charge in [-0.25, -0.2) is 9.78 Å². The molecule has 0 amide bonds. The Balaban J connectivity index is 2.82. The van der Waals surface area contributed by atoms with Gasteiger partial charge in [0.15, 0.2) is 11.1 Å². The van der Waals surface area contributed by atoms with E-state index in [1.54, 1.807) is 0 Å². The fourth-order valence-corrected chi connectivity index (χ4v) is 2.10. The molecule has 2 heterocycles. The van der Waals surface area contributed by atoms with E-state index in [9.17, 15) is 9.36 Å². The first-order chi connectivity index (χ1) is 7.80. The summed E-state index contributed by atoms with van der Waals surface area (Å²) in [5, 5.41) is 8.91. The number of carbonyl (C=O) groups is 1. The first-order valence-corrected chi connectivity index (χ1v) is 6.27. The van der Waals surface area contributed by atoms with Crippen LogP contribution < -0.4 is 5.44 Å². The summed E-state index contributed by atoms with van der Waals surface area (Å²) < 4.78 is 12.0. The van der Waals surface area contributed by atoms with Crippen LogP contribution in [-0.4, -0.2) is 30.2 Å². The van der Waals surface area contributed by atoms with Gasteiger partial charge in [-0.1, -0.05) is 11.6 Å². The number of halogens is 1. The van der Waals surface area contributed by atoms with Crippen molar-refractivity contribution in [3.8, 4) is 0 Å². The van der Waals surface area contributed by atoms with Crippen LogP contribution in [0.15, 0.2) is 18.3 Å². The van der Waals surface area contributed by atoms with Crippen LogP contribution in [0.3, 0.4) is 0 Å². The number of fused-ring (bicyclic) bond motifs is 1. The van der Waals surface area contributed by atoms with Crippen LogP contribution in [0.2, 0.25) is 5.02 Å². The molecule has 0 saturated heterocycles. The topological polar surface area (TPSA) is 112 Å². The molecule has 2 aromatic rings. The summed E-state index contributed by atoms with van der Waals surface area (Å²) in [7, 11) is -4.52. The van der Waals surface area contributed by atoms with Crippen molar-refractivity contribution < 1.29 is 24.3 Å². The highest BCUT2D eigenvalue weighted by atomic mass is 35.5. The second kappa shape index (κ2) is 3.82. The number of aromatic nitrogens is 2. The van der Waals surface area contributed by atoms with Gasteiger partial charge in [-0.15, -0.1) is 0 Å². The molecule has 0 saturated carbocycles. The fourth-order valence-electron chi connectivity index (χ4n) is 1.37. The van der Waals surface area contributed by atoms with Crippen LogP contribution in [0.4, 0.5) is 0 Å². The number of rotatable bonds is 2. The molecule has 0 unspecified atom stereocenters. The van der Waals surface area contributed by atoms with Gasteiger partial charge in [0.2, 0.25) is 0 Å². The molecule has 3 N–H and O–H groups in total. The largest absolute Gasteiger partial charge is 0.477 e. The Morgan fingerprint density at radius 2 is 2.06 bits per heavy atom. The zero-order valence-electron chi connectivity index (χ0n) is 8.11. The highest BCUT2D eigenvalue weighted by Crippen LogP contribution is 2.33. The normalized spacial score (nSPS) is 11.9. The van der Waals surface area contributed by atoms with Crippen molar-refractivity contribution in [1.29, 1.82) is 0 Å². The Kier molecular flexibility index (Phi) is 2.71. The number of carboxylic acid groups (broad SMARTS) is 1. The fraction of sp³-hybridized carbons (Fsp3) is 0. The van der Waals surface area contributed by atoms with Gasteiger partial charge in [0.1, 0.15) is 5.65 Å². The summed E-state index contributed by atoms with van der Waals surface area (Å²) in [6, 6.07) is 2.67. The average Bonchev–Trinajstić information content (AvgIpc) is 2.59. The molecule has 0 aliphatic rings. The lowest BCUT2D eigenvalue weighted by molar-refractivity contribution is 0.0689. The van der Waals surface area contributed by atoms with E-state index in [0.717, 1.165) is 10.6 Å². The minimum atomic E-state index is -4.52. The van der Waals surface area contributed by atoms with E-state index in [-0.39, 0.29) is 16.4 Å². The molecule has 0 aromatic carbocycles. The van der Waals surface area contributed by atoms with Crippen LogP contribution in [0.1, 0.15) is 10.5 Å². The van der Waals surface area contributed by atoms with Crippen molar-refractivity contribution >= 4 is 36.2 Å². The van der Waals surface area contributed by atoms with Crippen molar-refractivity contribution in [1.82, 2.24) is 9.38 Å². The molecule has 0 bridgehead atoms. The molecular formula is C8H6ClN2O5P. The maximum absolute atomic E-state index is 11.0. The first-order valence-electron chi connectivity index (χ1n) is 4.27. The number of aromatic carboxylic acids is 1. The molecule has 0 fully saturated rings. The molecule has 7 nitrogen and oxygen atoms in total. The number of nitrogens with zero attached hydrogens (tertiary/aromatic N) is 2. The van der Waals surface area contributed by atoms with E-state index in [0.29, 0.717) is 0 Å². The Bertz CT molecular complexity index is 661. The van der Waals surface area contributed by atoms with Gasteiger partial charge >= 0.3 is 13.6 Å². The monoisotopic (exact) mass is 276 g/mol. The minimum Gasteiger partial charge on any atom is -0.477 e. The van der Waals surface area contributed by atoms with E-state index in [1.165, 1.54) is 12.1 Å². The number of pyridine rings is 1. The zero-order chi connectivity index (χ0) is 12.8. The summed E-state index contributed by atoms with van der Waals surface area (Å²) >= 11 is 5.70. The van der Waals surface area contributed by atoms with Gasteiger partial charge in [-0.05, 0) is 12.1 Å². The zero-order valence-corrected chi connectivity index (χ0v) is 9.76. The predicted octanol–water partition coefficient (Wildman–Crippen LogP) is 0.489. The Hall–Kier alpha value is -1.40. The van der Waals surface area contributed by atoms with E-state index in [2.05, 4.69) is 4.98 Å². The van der Waals surface area contributed by atoms with Crippen molar-refractivity contribution in [2.75, 3.05) is 0 Å². The molecule has 2 rings (SSSR count). The van der Waals surface area contributed by atoms with E-state index >= 15 is 0 Å². The van der Waals surface area contributed by atoms with Crippen LogP contribution in [0.25, 0.3) is 5.65 Å². The third-order valence-corrected chi connectivity index (χ3v) is 3.18. The standard InChI is InChI=1S/C8H6ClN2O5P/c9-4-1-2-5-10-6(17(14,15)16)3-11(5)7(4)8(12)13/h1-3H,(H,12,13)(H2,14,15,16). The summed E-state index contributed by atoms with van der Waals surface area (Å²) in [4.78, 5) is 32.5. The Morgan fingerprint density at radius 3 is 2.59 bits per heavy atom. The van der Waals surface area contributed by atoms with Gasteiger partial charge in [-0.3, -0.25) is 8.97 Å². The lowest BCUT2D eigenvalue weighted by atomic mass is 10.3. The molecule has 0 radical (unpaired) electrons. The third-order valence-electron chi connectivity index (χ3n) is 2.07. The van der Waals surface area contributed by atoms with Crippen molar-refractivity contribution in [3.05, 3.63) is 29.0 Å². The molecule has 0 spiro atoms. The SMILES string of the molecule is O=C(O)c1c(Cl)ccc2nc(P(=O)(O)O)cn12. The molecular weight excluding hydrogens is 271 g/mol. The lowest BCUT2D eigenvalue weighted by Crippen LogP contribution is -2.06. The second-order valence-electron chi connectivity index (χ2n) is 3.21. The smallest absolute Gasteiger partial charge is 0.376 e. The molecule has 17 heavy (non-hydrogen) atoms. The number of carboxylic acids is 1. The average molecular weight is 277 g/mol. The highest BCUT2D eigenvalue weighted by molar-refractivity contribution is 7.60. The number of hydrogen-bond acceptors (Lipinski definition) is 3. The third kappa shape index (κ3) is 2.05. The molecule has 0 aliphatic carbocycles. The quantitative estimate of drug-likeness (QED) is 0.688. The van der Waals surface area contributed by atoms with Gasteiger partial charge < -0.3 is 14.9 Å². The second-order valence-corrected chi connectivity index (χ2v) is 5.16. The minimum absolute atomic E-state index is 0.0420. The molecule has 9 heteroatoms. The van der Waals surface area contributed by atoms with Gasteiger partial charge in [0.05, 0.1) is 5.02 Å². The van der Waals surface area contributed by atoms with Gasteiger partial charge in [0.25, 0.3) is 0 Å². The van der Waals surface area contributed by atoms with Crippen LogP contribution >= 0.6 is 19.2 Å². The maximum Gasteiger partial charge on any atom is 0.376 e. The highest BCUT2D eigenvalue weighted by Gasteiger charge is 2.23. The van der Waals surface area contributed by atoms with E-state index in [4.69, 9.17) is 26.5 Å². The van der Waals surface area contributed by atoms with Crippen molar-refractivity contribution in [2.45, 2.75) is 0 Å². The summed E-state index contributed by atoms with van der Waals surface area (Å²) in [6.45, 7) is 0. The van der Waals surface area contributed by atoms with Crippen molar-refractivity contribution in [3.63, 3.8) is 0 Å². The van der Waals surface area contributed by atoms with Gasteiger partial charge in [0, 0.05) is 6.20 Å². The van der Waals surface area contributed by atoms with Crippen molar-refractivity contribution in [2.24, 2.45) is 0 Å². The summed E-state index contributed by atoms with van der Waals surface area (Å²) in [5.74, 6) is -1.31. The van der Waals surface area contributed by atoms with Gasteiger partial charge in [-0.2, -0.15) is 0 Å². The van der Waals surface area contributed by atoms with E-state index in [1.807, 2.05) is 0 Å². The molecule has 2 aromatic heterocycles. The number of hydrogen-bond donors (Lipinski definition) is 3. The Morgan fingerprint density at radius 1 is 1.41 bits per heavy atom. The lowest BCUT2D eigenvalue weighted by Gasteiger charge is -2.01. The van der Waals surface area contributed by atoms with Crippen LogP contribution in [0.5, 0.6) is 0 Å². The summed E-state index contributed by atoms with van der Waals surface area (Å²) in [6.07, 6.45) is 0.964. The van der Waals surface area contributed by atoms with Crippen LogP contribution in [-0.2, 0) is 4.57 Å². The predicted molar refractivity (Wildman–Crippen MR) is 58.8 cm³/mol. The number of imidazole rings is 1. The summed E-state index contributed by atoms with van der Waals surface area (Å²) in [5.41, 5.74) is -0.691.